The molecule has 0 bridgehead atoms. The molecule has 1 fully saturated rings. The number of hydrogen-bond donors (Lipinski definition) is 2. The molecule has 0 aliphatic heterocycles. The molecule has 2 N–H and O–H groups in total. The molecule has 0 atom stereocenters. The number of aryl methyl sites for hydroxylation is 1. The first-order valence-electron chi connectivity index (χ1n) is 8.85. The predicted octanol–water partition coefficient (Wildman–Crippen LogP) is 4.94. The summed E-state index contributed by atoms with van der Waals surface area (Å²) in [6, 6.07) is 6.43. The number of hydrogen-bond acceptors (Lipinski definition) is 2. The molecule has 1 saturated carbocycles. The van der Waals surface area contributed by atoms with E-state index in [0.717, 1.165) is 19.3 Å². The largest absolute Gasteiger partial charge is 0.481 e. The zero-order valence-corrected chi connectivity index (χ0v) is 14.6. The Bertz CT molecular complexity index is 637. The first-order valence-corrected chi connectivity index (χ1v) is 8.85. The summed E-state index contributed by atoms with van der Waals surface area (Å²) in [6.07, 6.45) is -1.23. The summed E-state index contributed by atoms with van der Waals surface area (Å²) in [6.45, 7) is 0. The van der Waals surface area contributed by atoms with Crippen LogP contribution in [0.4, 0.5) is 18.9 Å². The molecule has 4 nitrogen and oxygen atoms in total. The quantitative estimate of drug-likeness (QED) is 0.714. The molecule has 0 spiro atoms. The molecule has 144 valence electrons. The Morgan fingerprint density at radius 3 is 2.35 bits per heavy atom. The van der Waals surface area contributed by atoms with Crippen molar-refractivity contribution in [3.63, 3.8) is 0 Å². The summed E-state index contributed by atoms with van der Waals surface area (Å²) in [7, 11) is 0. The van der Waals surface area contributed by atoms with E-state index < -0.39 is 24.0 Å². The van der Waals surface area contributed by atoms with Gasteiger partial charge >= 0.3 is 12.1 Å². The number of nitrogens with one attached hydrogen (secondary N) is 1. The average molecular weight is 371 g/mol. The lowest BCUT2D eigenvalue weighted by molar-refractivity contribution is -0.141. The summed E-state index contributed by atoms with van der Waals surface area (Å²) >= 11 is 0. The molecule has 1 aliphatic rings. The van der Waals surface area contributed by atoms with Crippen LogP contribution in [0.15, 0.2) is 24.3 Å². The van der Waals surface area contributed by atoms with Gasteiger partial charge in [-0.1, -0.05) is 37.5 Å². The van der Waals surface area contributed by atoms with E-state index in [-0.39, 0.29) is 25.2 Å². The smallest absolute Gasteiger partial charge is 0.389 e. The third-order valence-electron chi connectivity index (χ3n) is 4.95. The normalized spacial score (nSPS) is 16.9. The number of benzene rings is 1. The Kier molecular flexibility index (Phi) is 6.67. The molecule has 0 aromatic heterocycles. The van der Waals surface area contributed by atoms with E-state index in [2.05, 4.69) is 5.32 Å². The number of halogens is 3. The van der Waals surface area contributed by atoms with Crippen molar-refractivity contribution in [3.8, 4) is 0 Å². The van der Waals surface area contributed by atoms with Gasteiger partial charge in [0.2, 0.25) is 5.91 Å². The molecule has 1 aliphatic carbocycles. The van der Waals surface area contributed by atoms with E-state index in [1.807, 2.05) is 0 Å². The van der Waals surface area contributed by atoms with Crippen molar-refractivity contribution >= 4 is 17.6 Å². The first-order chi connectivity index (χ1) is 12.2. The van der Waals surface area contributed by atoms with Gasteiger partial charge in [0.15, 0.2) is 0 Å². The molecule has 0 heterocycles. The van der Waals surface area contributed by atoms with Crippen molar-refractivity contribution in [1.82, 2.24) is 0 Å². The van der Waals surface area contributed by atoms with Crippen LogP contribution >= 0.6 is 0 Å². The van der Waals surface area contributed by atoms with Crippen LogP contribution in [0.5, 0.6) is 0 Å². The van der Waals surface area contributed by atoms with Gasteiger partial charge in [-0.2, -0.15) is 13.2 Å². The molecule has 1 aromatic rings. The molecule has 1 aromatic carbocycles. The maximum Gasteiger partial charge on any atom is 0.389 e. The number of rotatable bonds is 7. The number of anilines is 1. The second-order valence-corrected chi connectivity index (χ2v) is 7.13. The Labute approximate surface area is 150 Å². The van der Waals surface area contributed by atoms with Crippen LogP contribution in [0.3, 0.4) is 0 Å². The van der Waals surface area contributed by atoms with E-state index in [4.69, 9.17) is 0 Å². The van der Waals surface area contributed by atoms with Crippen molar-refractivity contribution in [2.75, 3.05) is 5.32 Å². The highest BCUT2D eigenvalue weighted by Gasteiger charge is 2.36. The number of para-hydroxylation sites is 1. The van der Waals surface area contributed by atoms with Crippen LogP contribution in [-0.4, -0.2) is 23.2 Å². The lowest BCUT2D eigenvalue weighted by Gasteiger charge is -2.35. The monoisotopic (exact) mass is 371 g/mol. The number of carbonyl (C=O) groups excluding carboxylic acids is 1. The summed E-state index contributed by atoms with van der Waals surface area (Å²) in [5.74, 6) is -1.27. The lowest BCUT2D eigenvalue weighted by Crippen LogP contribution is -2.32. The second-order valence-electron chi connectivity index (χ2n) is 7.13. The van der Waals surface area contributed by atoms with Crippen molar-refractivity contribution in [2.45, 2.75) is 64.0 Å². The van der Waals surface area contributed by atoms with Gasteiger partial charge in [-0.05, 0) is 36.3 Å². The van der Waals surface area contributed by atoms with E-state index in [0.29, 0.717) is 24.1 Å². The highest BCUT2D eigenvalue weighted by molar-refractivity contribution is 5.92. The van der Waals surface area contributed by atoms with Crippen molar-refractivity contribution in [1.29, 1.82) is 0 Å². The summed E-state index contributed by atoms with van der Waals surface area (Å²) in [5.41, 5.74) is 0.229. The third-order valence-corrected chi connectivity index (χ3v) is 4.95. The Morgan fingerprint density at radius 2 is 1.73 bits per heavy atom. The molecule has 26 heavy (non-hydrogen) atoms. The van der Waals surface area contributed by atoms with E-state index in [1.165, 1.54) is 0 Å². The Balaban J connectivity index is 2.05. The number of amides is 1. The van der Waals surface area contributed by atoms with Crippen molar-refractivity contribution < 1.29 is 27.9 Å². The van der Waals surface area contributed by atoms with Gasteiger partial charge in [-0.15, -0.1) is 0 Å². The standard InChI is InChI=1S/C19H24F3NO3/c20-19(21,22)11-8-14-6-2-3-7-15(14)23-16(24)12-18(13-17(25)26)9-4-1-5-10-18/h2-3,6-7H,1,4-5,8-13H2,(H,23,24)(H,25,26). The van der Waals surface area contributed by atoms with Gasteiger partial charge in [0.1, 0.15) is 0 Å². The van der Waals surface area contributed by atoms with Crippen molar-refractivity contribution in [3.05, 3.63) is 29.8 Å². The van der Waals surface area contributed by atoms with Gasteiger partial charge < -0.3 is 10.4 Å². The summed E-state index contributed by atoms with van der Waals surface area (Å²) in [5, 5.41) is 11.9. The minimum atomic E-state index is -4.26. The number of aliphatic carboxylic acids is 1. The van der Waals surface area contributed by atoms with E-state index >= 15 is 0 Å². The maximum atomic E-state index is 12.5. The average Bonchev–Trinajstić information content (AvgIpc) is 2.53. The van der Waals surface area contributed by atoms with Crippen LogP contribution < -0.4 is 5.32 Å². The van der Waals surface area contributed by atoms with Crippen LogP contribution in [-0.2, 0) is 16.0 Å². The third kappa shape index (κ3) is 6.35. The van der Waals surface area contributed by atoms with E-state index in [1.54, 1.807) is 24.3 Å². The topological polar surface area (TPSA) is 66.4 Å². The minimum Gasteiger partial charge on any atom is -0.481 e. The molecule has 0 radical (unpaired) electrons. The molecular weight excluding hydrogens is 347 g/mol. The van der Waals surface area contributed by atoms with Crippen LogP contribution in [0.1, 0.15) is 56.9 Å². The van der Waals surface area contributed by atoms with Crippen molar-refractivity contribution in [2.24, 2.45) is 5.41 Å². The zero-order chi connectivity index (χ0) is 19.2. The molecular formula is C19H24F3NO3. The van der Waals surface area contributed by atoms with E-state index in [9.17, 15) is 27.9 Å². The van der Waals surface area contributed by atoms with Gasteiger partial charge in [0.05, 0.1) is 6.42 Å². The molecule has 7 heteroatoms. The van der Waals surface area contributed by atoms with Crippen LogP contribution in [0.2, 0.25) is 0 Å². The maximum absolute atomic E-state index is 12.5. The minimum absolute atomic E-state index is 0.0594. The first kappa shape index (κ1) is 20.3. The van der Waals surface area contributed by atoms with Gasteiger partial charge in [-0.3, -0.25) is 9.59 Å². The Hall–Kier alpha value is -2.05. The van der Waals surface area contributed by atoms with Crippen LogP contribution in [0.25, 0.3) is 0 Å². The van der Waals surface area contributed by atoms with Crippen LogP contribution in [0, 0.1) is 5.41 Å². The fourth-order valence-corrected chi connectivity index (χ4v) is 3.71. The number of carbonyl (C=O) groups is 2. The SMILES string of the molecule is O=C(O)CC1(CC(=O)Nc2ccccc2CCC(F)(F)F)CCCCC1. The predicted molar refractivity (Wildman–Crippen MR) is 91.8 cm³/mol. The van der Waals surface area contributed by atoms with Gasteiger partial charge in [0, 0.05) is 18.5 Å². The lowest BCUT2D eigenvalue weighted by atomic mass is 9.69. The number of carboxylic acid groups (broad SMARTS) is 1. The molecule has 2 rings (SSSR count). The number of alkyl halides is 3. The van der Waals surface area contributed by atoms with Gasteiger partial charge in [-0.25, -0.2) is 0 Å². The summed E-state index contributed by atoms with van der Waals surface area (Å²) in [4.78, 5) is 23.7. The molecule has 0 saturated heterocycles. The fourth-order valence-electron chi connectivity index (χ4n) is 3.71. The Morgan fingerprint density at radius 1 is 1.08 bits per heavy atom. The number of carboxylic acids is 1. The highest BCUT2D eigenvalue weighted by atomic mass is 19.4. The second kappa shape index (κ2) is 8.56. The molecule has 0 unspecified atom stereocenters. The molecule has 1 amide bonds. The van der Waals surface area contributed by atoms with Gasteiger partial charge in [0.25, 0.3) is 0 Å². The highest BCUT2D eigenvalue weighted by Crippen LogP contribution is 2.42. The summed E-state index contributed by atoms with van der Waals surface area (Å²) < 4.78 is 37.4. The zero-order valence-electron chi connectivity index (χ0n) is 14.6. The fraction of sp³-hybridized carbons (Fsp3) is 0.579.